The first kappa shape index (κ1) is 12.2. The largest absolute Gasteiger partial charge is 0.480 e. The van der Waals surface area contributed by atoms with E-state index >= 15 is 0 Å². The van der Waals surface area contributed by atoms with Gasteiger partial charge < -0.3 is 10.4 Å². The molecule has 1 aromatic carbocycles. The average Bonchev–Trinajstić information content (AvgIpc) is 2.22. The lowest BCUT2D eigenvalue weighted by molar-refractivity contribution is -0.140. The number of carbonyl (C=O) groups excluding carboxylic acids is 1. The summed E-state index contributed by atoms with van der Waals surface area (Å²) in [6, 6.07) is 3.13. The van der Waals surface area contributed by atoms with E-state index in [0.29, 0.717) is 12.0 Å². The van der Waals surface area contributed by atoms with E-state index in [2.05, 4.69) is 5.32 Å². The van der Waals surface area contributed by atoms with Gasteiger partial charge in [0.15, 0.2) is 0 Å². The SMILES string of the molecule is Cc1ccc(F)cc1CC(NC=O)C(=O)O. The molecule has 4 nitrogen and oxygen atoms in total. The molecule has 1 rings (SSSR count). The van der Waals surface area contributed by atoms with Crippen LogP contribution in [0.2, 0.25) is 0 Å². The van der Waals surface area contributed by atoms with Gasteiger partial charge in [-0.05, 0) is 30.2 Å². The van der Waals surface area contributed by atoms with Crippen molar-refractivity contribution in [3.05, 3.63) is 35.1 Å². The van der Waals surface area contributed by atoms with Crippen molar-refractivity contribution in [1.29, 1.82) is 0 Å². The Bertz CT molecular complexity index is 406. The van der Waals surface area contributed by atoms with Crippen LogP contribution in [0.4, 0.5) is 4.39 Å². The molecule has 0 spiro atoms. The summed E-state index contributed by atoms with van der Waals surface area (Å²) in [5.74, 6) is -1.56. The van der Waals surface area contributed by atoms with Crippen LogP contribution in [0, 0.1) is 12.7 Å². The van der Waals surface area contributed by atoms with Crippen molar-refractivity contribution in [3.63, 3.8) is 0 Å². The van der Waals surface area contributed by atoms with Crippen molar-refractivity contribution in [2.45, 2.75) is 19.4 Å². The molecule has 0 aromatic heterocycles. The second kappa shape index (κ2) is 5.25. The third kappa shape index (κ3) is 3.05. The molecular formula is C11H12FNO3. The van der Waals surface area contributed by atoms with Gasteiger partial charge in [-0.3, -0.25) is 4.79 Å². The van der Waals surface area contributed by atoms with Crippen LogP contribution in [0.1, 0.15) is 11.1 Å². The summed E-state index contributed by atoms with van der Waals surface area (Å²) < 4.78 is 12.9. The number of hydrogen-bond acceptors (Lipinski definition) is 2. The highest BCUT2D eigenvalue weighted by molar-refractivity contribution is 5.76. The molecule has 1 unspecified atom stereocenters. The van der Waals surface area contributed by atoms with E-state index in [4.69, 9.17) is 5.11 Å². The Morgan fingerprint density at radius 3 is 2.88 bits per heavy atom. The maximum Gasteiger partial charge on any atom is 0.326 e. The normalized spacial score (nSPS) is 11.9. The molecule has 1 atom stereocenters. The minimum absolute atomic E-state index is 0.0671. The number of nitrogens with one attached hydrogen (secondary N) is 1. The van der Waals surface area contributed by atoms with Crippen molar-refractivity contribution in [2.24, 2.45) is 0 Å². The van der Waals surface area contributed by atoms with E-state index in [0.717, 1.165) is 5.56 Å². The zero-order valence-electron chi connectivity index (χ0n) is 8.74. The molecule has 1 amide bonds. The van der Waals surface area contributed by atoms with Gasteiger partial charge in [-0.2, -0.15) is 0 Å². The molecule has 0 bridgehead atoms. The topological polar surface area (TPSA) is 66.4 Å². The van der Waals surface area contributed by atoms with Crippen molar-refractivity contribution in [1.82, 2.24) is 5.32 Å². The highest BCUT2D eigenvalue weighted by atomic mass is 19.1. The van der Waals surface area contributed by atoms with Gasteiger partial charge in [0.25, 0.3) is 0 Å². The number of hydrogen-bond donors (Lipinski definition) is 2. The smallest absolute Gasteiger partial charge is 0.326 e. The van der Waals surface area contributed by atoms with Crippen molar-refractivity contribution >= 4 is 12.4 Å². The Morgan fingerprint density at radius 2 is 2.31 bits per heavy atom. The molecule has 16 heavy (non-hydrogen) atoms. The Morgan fingerprint density at radius 1 is 1.62 bits per heavy atom. The highest BCUT2D eigenvalue weighted by Crippen LogP contribution is 2.12. The van der Waals surface area contributed by atoms with Crippen molar-refractivity contribution in [3.8, 4) is 0 Å². The van der Waals surface area contributed by atoms with Crippen LogP contribution in [0.25, 0.3) is 0 Å². The first-order chi connectivity index (χ1) is 7.54. The molecule has 0 aliphatic heterocycles. The second-order valence-electron chi connectivity index (χ2n) is 3.45. The molecule has 2 N–H and O–H groups in total. The van der Waals surface area contributed by atoms with Gasteiger partial charge in [0, 0.05) is 6.42 Å². The summed E-state index contributed by atoms with van der Waals surface area (Å²) in [7, 11) is 0. The lowest BCUT2D eigenvalue weighted by Crippen LogP contribution is -2.37. The van der Waals surface area contributed by atoms with Gasteiger partial charge in [-0.25, -0.2) is 9.18 Å². The molecule has 1 aromatic rings. The van der Waals surface area contributed by atoms with E-state index in [9.17, 15) is 14.0 Å². The van der Waals surface area contributed by atoms with Gasteiger partial charge in [0.1, 0.15) is 11.9 Å². The first-order valence-electron chi connectivity index (χ1n) is 4.72. The molecule has 0 aliphatic carbocycles. The fraction of sp³-hybridized carbons (Fsp3) is 0.273. The molecule has 86 valence electrons. The van der Waals surface area contributed by atoms with Gasteiger partial charge in [0.05, 0.1) is 0 Å². The van der Waals surface area contributed by atoms with Gasteiger partial charge >= 0.3 is 5.97 Å². The Balaban J connectivity index is 2.88. The number of rotatable bonds is 5. The number of carbonyl (C=O) groups is 2. The Hall–Kier alpha value is -1.91. The number of carboxylic acids is 1. The summed E-state index contributed by atoms with van der Waals surface area (Å²) in [5.41, 5.74) is 1.36. The fourth-order valence-corrected chi connectivity index (χ4v) is 1.38. The van der Waals surface area contributed by atoms with E-state index in [-0.39, 0.29) is 6.42 Å². The second-order valence-corrected chi connectivity index (χ2v) is 3.45. The molecule has 0 saturated heterocycles. The molecule has 5 heteroatoms. The van der Waals surface area contributed by atoms with Crippen LogP contribution in [-0.4, -0.2) is 23.5 Å². The zero-order chi connectivity index (χ0) is 12.1. The molecule has 0 heterocycles. The van der Waals surface area contributed by atoms with Gasteiger partial charge in [-0.1, -0.05) is 6.07 Å². The molecule has 0 radical (unpaired) electrons. The monoisotopic (exact) mass is 225 g/mol. The minimum Gasteiger partial charge on any atom is -0.480 e. The van der Waals surface area contributed by atoms with Gasteiger partial charge in [0.2, 0.25) is 6.41 Å². The fourth-order valence-electron chi connectivity index (χ4n) is 1.38. The van der Waals surface area contributed by atoms with Crippen molar-refractivity contribution in [2.75, 3.05) is 0 Å². The Labute approximate surface area is 92.1 Å². The quantitative estimate of drug-likeness (QED) is 0.731. The summed E-state index contributed by atoms with van der Waals surface area (Å²) in [4.78, 5) is 21.0. The van der Waals surface area contributed by atoms with Crippen LogP contribution in [0.15, 0.2) is 18.2 Å². The molecule has 0 fully saturated rings. The van der Waals surface area contributed by atoms with Crippen LogP contribution in [-0.2, 0) is 16.0 Å². The number of benzene rings is 1. The van der Waals surface area contributed by atoms with E-state index in [1.807, 2.05) is 0 Å². The summed E-state index contributed by atoms with van der Waals surface area (Å²) >= 11 is 0. The number of carboxylic acid groups (broad SMARTS) is 1. The van der Waals surface area contributed by atoms with Crippen LogP contribution in [0.3, 0.4) is 0 Å². The standard InChI is InChI=1S/C11H12FNO3/c1-7-2-3-9(12)4-8(7)5-10(11(15)16)13-6-14/h2-4,6,10H,5H2,1H3,(H,13,14)(H,15,16). The van der Waals surface area contributed by atoms with Crippen molar-refractivity contribution < 1.29 is 19.1 Å². The maximum absolute atomic E-state index is 12.9. The number of halogens is 1. The van der Waals surface area contributed by atoms with E-state index in [1.54, 1.807) is 13.0 Å². The zero-order valence-corrected chi connectivity index (χ0v) is 8.74. The lowest BCUT2D eigenvalue weighted by atomic mass is 10.0. The molecule has 0 saturated carbocycles. The summed E-state index contributed by atoms with van der Waals surface area (Å²) in [5, 5.41) is 11.0. The number of aliphatic carboxylic acids is 1. The first-order valence-corrected chi connectivity index (χ1v) is 4.72. The third-order valence-corrected chi connectivity index (χ3v) is 2.30. The summed E-state index contributed by atoms with van der Waals surface area (Å²) in [6.07, 6.45) is 0.394. The highest BCUT2D eigenvalue weighted by Gasteiger charge is 2.17. The predicted octanol–water partition coefficient (Wildman–Crippen LogP) is 0.876. The minimum atomic E-state index is -1.14. The number of aryl methyl sites for hydroxylation is 1. The third-order valence-electron chi connectivity index (χ3n) is 2.30. The predicted molar refractivity (Wildman–Crippen MR) is 55.5 cm³/mol. The summed E-state index contributed by atoms with van der Waals surface area (Å²) in [6.45, 7) is 1.76. The molecular weight excluding hydrogens is 213 g/mol. The Kier molecular flexibility index (Phi) is 3.99. The molecule has 0 aliphatic rings. The van der Waals surface area contributed by atoms with Crippen LogP contribution < -0.4 is 5.32 Å². The van der Waals surface area contributed by atoms with Crippen LogP contribution >= 0.6 is 0 Å². The average molecular weight is 225 g/mol. The number of amides is 1. The van der Waals surface area contributed by atoms with E-state index in [1.165, 1.54) is 12.1 Å². The van der Waals surface area contributed by atoms with E-state index < -0.39 is 17.8 Å². The van der Waals surface area contributed by atoms with Crippen LogP contribution in [0.5, 0.6) is 0 Å². The van der Waals surface area contributed by atoms with Gasteiger partial charge in [-0.15, -0.1) is 0 Å². The lowest BCUT2D eigenvalue weighted by Gasteiger charge is -2.12. The maximum atomic E-state index is 12.9.